The predicted octanol–water partition coefficient (Wildman–Crippen LogP) is 0.412. The Morgan fingerprint density at radius 2 is 2.10 bits per heavy atom. The fourth-order valence-electron chi connectivity index (χ4n) is 2.51. The molecular formula is C13H20N4O2S. The molecule has 0 unspecified atom stereocenters. The highest BCUT2D eigenvalue weighted by molar-refractivity contribution is 7.09. The maximum Gasteiger partial charge on any atom is 0.240 e. The van der Waals surface area contributed by atoms with E-state index in [0.717, 1.165) is 36.4 Å². The predicted molar refractivity (Wildman–Crippen MR) is 77.2 cm³/mol. The molecule has 0 aromatic carbocycles. The highest BCUT2D eigenvalue weighted by Gasteiger charge is 2.39. The topological polar surface area (TPSA) is 97.1 Å². The van der Waals surface area contributed by atoms with E-state index in [1.807, 2.05) is 12.3 Å². The molecule has 2 amide bonds. The number of aromatic nitrogens is 1. The number of thiazole rings is 1. The molecule has 4 N–H and O–H groups in total. The number of carbonyl (C=O) groups is 2. The van der Waals surface area contributed by atoms with Gasteiger partial charge in [0, 0.05) is 11.1 Å². The Hall–Kier alpha value is -1.47. The Labute approximate surface area is 122 Å². The average Bonchev–Trinajstić information content (AvgIpc) is 3.06. The van der Waals surface area contributed by atoms with Crippen molar-refractivity contribution >= 4 is 23.2 Å². The van der Waals surface area contributed by atoms with Crippen molar-refractivity contribution in [3.05, 3.63) is 16.1 Å². The van der Waals surface area contributed by atoms with E-state index in [2.05, 4.69) is 15.6 Å². The molecule has 1 aromatic heterocycles. The van der Waals surface area contributed by atoms with Crippen molar-refractivity contribution in [2.24, 2.45) is 5.73 Å². The number of amides is 2. The third-order valence-electron chi connectivity index (χ3n) is 3.50. The summed E-state index contributed by atoms with van der Waals surface area (Å²) in [5.74, 6) is -0.521. The van der Waals surface area contributed by atoms with Gasteiger partial charge in [0.2, 0.25) is 11.8 Å². The number of rotatable bonds is 5. The molecule has 2 rings (SSSR count). The van der Waals surface area contributed by atoms with Crippen molar-refractivity contribution in [3.63, 3.8) is 0 Å². The van der Waals surface area contributed by atoms with Crippen molar-refractivity contribution in [3.8, 4) is 0 Å². The van der Waals surface area contributed by atoms with Crippen molar-refractivity contribution in [2.75, 3.05) is 13.1 Å². The maximum absolute atomic E-state index is 12.0. The molecule has 7 heteroatoms. The van der Waals surface area contributed by atoms with E-state index in [1.54, 1.807) is 11.3 Å². The van der Waals surface area contributed by atoms with E-state index in [0.29, 0.717) is 0 Å². The molecule has 0 saturated heterocycles. The highest BCUT2D eigenvalue weighted by Crippen LogP contribution is 2.39. The van der Waals surface area contributed by atoms with E-state index in [-0.39, 0.29) is 30.4 Å². The molecule has 0 aliphatic heterocycles. The van der Waals surface area contributed by atoms with Crippen LogP contribution in [0.2, 0.25) is 0 Å². The first-order chi connectivity index (χ1) is 9.55. The second kappa shape index (κ2) is 6.32. The molecule has 1 aromatic rings. The third kappa shape index (κ3) is 3.34. The van der Waals surface area contributed by atoms with Gasteiger partial charge in [0.1, 0.15) is 5.01 Å². The molecule has 110 valence electrons. The number of carbonyl (C=O) groups excluding carboxylic acids is 2. The van der Waals surface area contributed by atoms with Crippen molar-refractivity contribution in [1.82, 2.24) is 15.6 Å². The SMILES string of the molecule is Cc1csc(C2(NC(=O)CNC(=O)CN)CCCC2)n1. The molecule has 1 aliphatic rings. The minimum absolute atomic E-state index is 0.0395. The molecule has 1 aliphatic carbocycles. The molecular weight excluding hydrogens is 276 g/mol. The second-order valence-corrected chi connectivity index (χ2v) is 5.97. The number of nitrogens with one attached hydrogen (secondary N) is 2. The van der Waals surface area contributed by atoms with Crippen LogP contribution in [0.5, 0.6) is 0 Å². The number of hydrogen-bond donors (Lipinski definition) is 3. The highest BCUT2D eigenvalue weighted by atomic mass is 32.1. The molecule has 0 bridgehead atoms. The van der Waals surface area contributed by atoms with Crippen LogP contribution in [-0.4, -0.2) is 29.9 Å². The van der Waals surface area contributed by atoms with Crippen LogP contribution in [-0.2, 0) is 15.1 Å². The molecule has 1 fully saturated rings. The van der Waals surface area contributed by atoms with Crippen LogP contribution >= 0.6 is 11.3 Å². The normalized spacial score (nSPS) is 16.9. The Balaban J connectivity index is 2.03. The minimum atomic E-state index is -0.358. The van der Waals surface area contributed by atoms with Crippen molar-refractivity contribution in [2.45, 2.75) is 38.1 Å². The summed E-state index contributed by atoms with van der Waals surface area (Å²) in [6.07, 6.45) is 3.95. The summed E-state index contributed by atoms with van der Waals surface area (Å²) in [5, 5.41) is 8.50. The first-order valence-electron chi connectivity index (χ1n) is 6.76. The Morgan fingerprint density at radius 1 is 1.40 bits per heavy atom. The van der Waals surface area contributed by atoms with Gasteiger partial charge in [0.15, 0.2) is 0 Å². The molecule has 0 atom stereocenters. The summed E-state index contributed by atoms with van der Waals surface area (Å²) in [4.78, 5) is 27.6. The molecule has 1 heterocycles. The van der Waals surface area contributed by atoms with Crippen molar-refractivity contribution in [1.29, 1.82) is 0 Å². The van der Waals surface area contributed by atoms with Crippen molar-refractivity contribution < 1.29 is 9.59 Å². The summed E-state index contributed by atoms with van der Waals surface area (Å²) in [6.45, 7) is 1.80. The summed E-state index contributed by atoms with van der Waals surface area (Å²) in [7, 11) is 0. The van der Waals surface area contributed by atoms with E-state index in [4.69, 9.17) is 5.73 Å². The quantitative estimate of drug-likeness (QED) is 0.733. The third-order valence-corrected chi connectivity index (χ3v) is 4.66. The first-order valence-corrected chi connectivity index (χ1v) is 7.64. The molecule has 0 radical (unpaired) electrons. The van der Waals surface area contributed by atoms with Crippen LogP contribution in [0.25, 0.3) is 0 Å². The van der Waals surface area contributed by atoms with E-state index < -0.39 is 0 Å². The van der Waals surface area contributed by atoms with Gasteiger partial charge in [-0.3, -0.25) is 9.59 Å². The van der Waals surface area contributed by atoms with E-state index in [1.165, 1.54) is 0 Å². The maximum atomic E-state index is 12.0. The van der Waals surface area contributed by atoms with Crippen LogP contribution in [0.1, 0.15) is 36.4 Å². The molecule has 20 heavy (non-hydrogen) atoms. The minimum Gasteiger partial charge on any atom is -0.346 e. The van der Waals surface area contributed by atoms with Gasteiger partial charge in [0.05, 0.1) is 18.6 Å². The second-order valence-electron chi connectivity index (χ2n) is 5.11. The summed E-state index contributed by atoms with van der Waals surface area (Å²) in [5.41, 5.74) is 5.81. The molecule has 1 saturated carbocycles. The van der Waals surface area contributed by atoms with Gasteiger partial charge >= 0.3 is 0 Å². The summed E-state index contributed by atoms with van der Waals surface area (Å²) >= 11 is 1.58. The van der Waals surface area contributed by atoms with Crippen LogP contribution < -0.4 is 16.4 Å². The Bertz CT molecular complexity index is 494. The lowest BCUT2D eigenvalue weighted by molar-refractivity contribution is -0.126. The van der Waals surface area contributed by atoms with Gasteiger partial charge in [-0.15, -0.1) is 11.3 Å². The largest absolute Gasteiger partial charge is 0.346 e. The lowest BCUT2D eigenvalue weighted by Crippen LogP contribution is -2.48. The fourth-order valence-corrected chi connectivity index (χ4v) is 3.52. The van der Waals surface area contributed by atoms with Gasteiger partial charge in [-0.05, 0) is 19.8 Å². The summed E-state index contributed by atoms with van der Waals surface area (Å²) < 4.78 is 0. The Kier molecular flexibility index (Phi) is 4.72. The zero-order chi connectivity index (χ0) is 14.6. The van der Waals surface area contributed by atoms with Gasteiger partial charge in [0.25, 0.3) is 0 Å². The van der Waals surface area contributed by atoms with Gasteiger partial charge in [-0.1, -0.05) is 12.8 Å². The van der Waals surface area contributed by atoms with Crippen LogP contribution in [0.4, 0.5) is 0 Å². The average molecular weight is 296 g/mol. The number of aryl methyl sites for hydroxylation is 1. The zero-order valence-corrected chi connectivity index (χ0v) is 12.4. The zero-order valence-electron chi connectivity index (χ0n) is 11.6. The van der Waals surface area contributed by atoms with E-state index >= 15 is 0 Å². The van der Waals surface area contributed by atoms with Crippen LogP contribution in [0.3, 0.4) is 0 Å². The first kappa shape index (κ1) is 14.9. The van der Waals surface area contributed by atoms with Gasteiger partial charge < -0.3 is 16.4 Å². The van der Waals surface area contributed by atoms with Crippen LogP contribution in [0, 0.1) is 6.92 Å². The fraction of sp³-hybridized carbons (Fsp3) is 0.615. The molecule has 0 spiro atoms. The number of nitrogens with two attached hydrogens (primary N) is 1. The lowest BCUT2D eigenvalue weighted by atomic mass is 9.98. The molecule has 6 nitrogen and oxygen atoms in total. The Morgan fingerprint density at radius 3 is 2.65 bits per heavy atom. The lowest BCUT2D eigenvalue weighted by Gasteiger charge is -2.28. The van der Waals surface area contributed by atoms with Gasteiger partial charge in [-0.2, -0.15) is 0 Å². The number of nitrogens with zero attached hydrogens (tertiary/aromatic N) is 1. The number of hydrogen-bond acceptors (Lipinski definition) is 5. The standard InChI is InChI=1S/C13H20N4O2S/c1-9-8-20-12(16-9)13(4-2-3-5-13)17-11(19)7-15-10(18)6-14/h8H,2-7,14H2,1H3,(H,15,18)(H,17,19). The van der Waals surface area contributed by atoms with Crippen LogP contribution in [0.15, 0.2) is 5.38 Å². The van der Waals surface area contributed by atoms with E-state index in [9.17, 15) is 9.59 Å². The monoisotopic (exact) mass is 296 g/mol. The smallest absolute Gasteiger partial charge is 0.240 e. The van der Waals surface area contributed by atoms with Gasteiger partial charge in [-0.25, -0.2) is 4.98 Å². The summed E-state index contributed by atoms with van der Waals surface area (Å²) in [6, 6.07) is 0.